The highest BCUT2D eigenvalue weighted by Gasteiger charge is 2.54. The number of alkyl halides is 1. The lowest BCUT2D eigenvalue weighted by atomic mass is 9.57. The number of halogens is 3. The maximum absolute atomic E-state index is 16.3. The van der Waals surface area contributed by atoms with Crippen molar-refractivity contribution in [2.75, 3.05) is 71.4 Å². The van der Waals surface area contributed by atoms with Gasteiger partial charge in [-0.1, -0.05) is 18.6 Å². The van der Waals surface area contributed by atoms with Gasteiger partial charge in [-0.2, -0.15) is 0 Å². The molecular weight excluding hydrogens is 732 g/mol. The highest BCUT2D eigenvalue weighted by Crippen LogP contribution is 2.52. The Kier molecular flexibility index (Phi) is 11.2. The fraction of sp³-hybridized carbons (Fsp3) is 0.512. The molecule has 3 heterocycles. The number of hydrogen-bond acceptors (Lipinski definition) is 8. The summed E-state index contributed by atoms with van der Waals surface area (Å²) in [5.41, 5.74) is -0.610. The fourth-order valence-corrected chi connectivity index (χ4v) is 10.9. The van der Waals surface area contributed by atoms with E-state index in [0.717, 1.165) is 69.8 Å². The van der Waals surface area contributed by atoms with E-state index >= 15 is 8.78 Å². The van der Waals surface area contributed by atoms with Gasteiger partial charge in [0.2, 0.25) is 9.84 Å². The predicted molar refractivity (Wildman–Crippen MR) is 203 cm³/mol. The van der Waals surface area contributed by atoms with E-state index in [1.54, 1.807) is 17.0 Å². The van der Waals surface area contributed by atoms with Crippen LogP contribution in [-0.4, -0.2) is 108 Å². The molecule has 0 radical (unpaired) electrons. The first-order valence-corrected chi connectivity index (χ1v) is 20.7. The highest BCUT2D eigenvalue weighted by atomic mass is 32.2. The standard InChI is InChI=1S/C41H50F3N5O5S/c1-45-38(50)28-10-12-32(13-11-28)55(52,53)33-14-15-37(35(43)23-33)49-25-40(44,26-49)24-48-20-16-29(17-21-48)41(27-47-18-5-19-47,30-6-3-7-31(42)22-30)34-8-4-9-36(34)46-39(51)54-2/h3,6-7,10-15,22-23,29,34,36H,4-5,8-9,16-21,24-27H2,1-2H3,(H,45,50)(H,46,51)/t34-,36-,41?/m0/s1. The van der Waals surface area contributed by atoms with Gasteiger partial charge in [-0.05, 0) is 130 Å². The Labute approximate surface area is 321 Å². The molecule has 1 unspecified atom stereocenters. The average molecular weight is 782 g/mol. The first kappa shape index (κ1) is 39.1. The lowest BCUT2D eigenvalue weighted by Crippen LogP contribution is -2.65. The number of likely N-dealkylation sites (tertiary alicyclic amines) is 2. The van der Waals surface area contributed by atoms with Crippen LogP contribution in [0.4, 0.5) is 23.7 Å². The number of sulfone groups is 1. The second kappa shape index (κ2) is 15.8. The zero-order valence-electron chi connectivity index (χ0n) is 31.4. The molecule has 3 atom stereocenters. The number of methoxy groups -OCH3 is 1. The third-order valence-corrected chi connectivity index (χ3v) is 14.2. The number of carbonyl (C=O) groups is 2. The summed E-state index contributed by atoms with van der Waals surface area (Å²) >= 11 is 0. The molecule has 4 aliphatic rings. The quantitative estimate of drug-likeness (QED) is 0.246. The van der Waals surface area contributed by atoms with Crippen LogP contribution in [0.5, 0.6) is 0 Å². The molecule has 3 aromatic carbocycles. The molecule has 1 saturated carbocycles. The molecule has 55 heavy (non-hydrogen) atoms. The Bertz CT molecular complexity index is 1980. The van der Waals surface area contributed by atoms with E-state index in [1.807, 2.05) is 6.07 Å². The van der Waals surface area contributed by atoms with Gasteiger partial charge in [0.15, 0.2) is 5.67 Å². The molecular formula is C41H50F3N5O5S. The summed E-state index contributed by atoms with van der Waals surface area (Å²) in [7, 11) is -1.21. The molecule has 2 N–H and O–H groups in total. The Morgan fingerprint density at radius 1 is 0.891 bits per heavy atom. The van der Waals surface area contributed by atoms with Crippen molar-refractivity contribution < 1.29 is 35.9 Å². The summed E-state index contributed by atoms with van der Waals surface area (Å²) in [6.07, 6.45) is 4.89. The average Bonchev–Trinajstić information content (AvgIpc) is 3.62. The summed E-state index contributed by atoms with van der Waals surface area (Å²) < 4.78 is 78.1. The topological polar surface area (TPSA) is 111 Å². The summed E-state index contributed by atoms with van der Waals surface area (Å²) in [5, 5.41) is 5.59. The number of rotatable bonds is 12. The normalized spacial score (nSPS) is 23.0. The molecule has 4 fully saturated rings. The van der Waals surface area contributed by atoms with Crippen LogP contribution in [0.1, 0.15) is 54.4 Å². The number of piperidine rings is 1. The van der Waals surface area contributed by atoms with Crippen molar-refractivity contribution in [3.63, 3.8) is 0 Å². The third-order valence-electron chi connectivity index (χ3n) is 12.5. The van der Waals surface area contributed by atoms with Gasteiger partial charge in [0.05, 0.1) is 35.7 Å². The molecule has 14 heteroatoms. The van der Waals surface area contributed by atoms with Crippen molar-refractivity contribution in [1.82, 2.24) is 20.4 Å². The van der Waals surface area contributed by atoms with E-state index in [4.69, 9.17) is 4.74 Å². The molecule has 3 saturated heterocycles. The predicted octanol–water partition coefficient (Wildman–Crippen LogP) is 5.57. The van der Waals surface area contributed by atoms with Crippen LogP contribution in [0.3, 0.4) is 0 Å². The highest BCUT2D eigenvalue weighted by molar-refractivity contribution is 7.91. The van der Waals surface area contributed by atoms with Gasteiger partial charge in [-0.3, -0.25) is 9.69 Å². The molecule has 0 spiro atoms. The molecule has 296 valence electrons. The first-order chi connectivity index (χ1) is 26.3. The molecule has 0 aromatic heterocycles. The zero-order chi connectivity index (χ0) is 39.0. The Hall–Kier alpha value is -4.14. The summed E-state index contributed by atoms with van der Waals surface area (Å²) in [6.45, 7) is 4.16. The minimum Gasteiger partial charge on any atom is -0.453 e. The van der Waals surface area contributed by atoms with Crippen molar-refractivity contribution in [3.05, 3.63) is 89.5 Å². The number of carbonyl (C=O) groups excluding carboxylic acids is 2. The van der Waals surface area contributed by atoms with Crippen molar-refractivity contribution in [1.29, 1.82) is 0 Å². The Morgan fingerprint density at radius 3 is 2.22 bits per heavy atom. The van der Waals surface area contributed by atoms with Gasteiger partial charge in [0, 0.05) is 37.2 Å². The summed E-state index contributed by atoms with van der Waals surface area (Å²) in [5.74, 6) is -1.15. The number of amides is 2. The molecule has 2 amide bonds. The number of nitrogens with zero attached hydrogens (tertiary/aromatic N) is 3. The molecule has 10 nitrogen and oxygen atoms in total. The van der Waals surface area contributed by atoms with E-state index in [1.165, 1.54) is 56.6 Å². The van der Waals surface area contributed by atoms with Crippen molar-refractivity contribution >= 4 is 27.5 Å². The Balaban J connectivity index is 1.03. The fourth-order valence-electron chi connectivity index (χ4n) is 9.63. The zero-order valence-corrected chi connectivity index (χ0v) is 32.2. The van der Waals surface area contributed by atoms with Gasteiger partial charge in [-0.15, -0.1) is 0 Å². The lowest BCUT2D eigenvalue weighted by Gasteiger charge is -2.54. The van der Waals surface area contributed by atoms with E-state index in [-0.39, 0.29) is 64.7 Å². The second-order valence-corrected chi connectivity index (χ2v) is 17.7. The van der Waals surface area contributed by atoms with Crippen LogP contribution in [0, 0.1) is 23.5 Å². The van der Waals surface area contributed by atoms with Gasteiger partial charge >= 0.3 is 6.09 Å². The maximum Gasteiger partial charge on any atom is 0.407 e. The van der Waals surface area contributed by atoms with E-state index in [0.29, 0.717) is 18.7 Å². The number of hydrogen-bond donors (Lipinski definition) is 2. The van der Waals surface area contributed by atoms with Gasteiger partial charge in [-0.25, -0.2) is 26.4 Å². The molecule has 3 aliphatic heterocycles. The largest absolute Gasteiger partial charge is 0.453 e. The van der Waals surface area contributed by atoms with Crippen molar-refractivity contribution in [2.24, 2.45) is 11.8 Å². The van der Waals surface area contributed by atoms with E-state index < -0.39 is 32.8 Å². The summed E-state index contributed by atoms with van der Waals surface area (Å²) in [6, 6.07) is 15.9. The number of nitrogens with one attached hydrogen (secondary N) is 2. The smallest absolute Gasteiger partial charge is 0.407 e. The van der Waals surface area contributed by atoms with Crippen LogP contribution in [0.25, 0.3) is 0 Å². The van der Waals surface area contributed by atoms with Gasteiger partial charge in [0.25, 0.3) is 5.91 Å². The van der Waals surface area contributed by atoms with Crippen molar-refractivity contribution in [3.8, 4) is 0 Å². The molecule has 3 aromatic rings. The van der Waals surface area contributed by atoms with Crippen molar-refractivity contribution in [2.45, 2.75) is 65.4 Å². The lowest BCUT2D eigenvalue weighted by molar-refractivity contribution is 0.00575. The van der Waals surface area contributed by atoms with E-state index in [2.05, 4.69) is 20.4 Å². The number of alkyl carbamates (subject to hydrolysis) is 1. The first-order valence-electron chi connectivity index (χ1n) is 19.2. The van der Waals surface area contributed by atoms with Crippen LogP contribution in [0.2, 0.25) is 0 Å². The maximum atomic E-state index is 16.3. The van der Waals surface area contributed by atoms with E-state index in [9.17, 15) is 22.4 Å². The van der Waals surface area contributed by atoms with Gasteiger partial charge in [0.1, 0.15) is 11.6 Å². The minimum atomic E-state index is -4.06. The second-order valence-electron chi connectivity index (χ2n) is 15.7. The molecule has 1 aliphatic carbocycles. The SMILES string of the molecule is CNC(=O)c1ccc(S(=O)(=O)c2ccc(N3CC(F)(CN4CCC(C(CN5CCC5)(c5cccc(F)c5)[C@H]5CCC[C@@H]5NC(=O)OC)CC4)C3)c(F)c2)cc1. The monoisotopic (exact) mass is 781 g/mol. The molecule has 7 rings (SSSR count). The molecule has 0 bridgehead atoms. The Morgan fingerprint density at radius 2 is 1.60 bits per heavy atom. The number of anilines is 1. The van der Waals surface area contributed by atoms with Crippen LogP contribution < -0.4 is 15.5 Å². The third kappa shape index (κ3) is 7.82. The number of ether oxygens (including phenoxy) is 1. The number of benzene rings is 3. The van der Waals surface area contributed by atoms with Crippen LogP contribution in [0.15, 0.2) is 76.5 Å². The van der Waals surface area contributed by atoms with Gasteiger partial charge < -0.3 is 25.2 Å². The minimum absolute atomic E-state index is 0.0258. The van der Waals surface area contributed by atoms with Crippen LogP contribution in [-0.2, 0) is 20.0 Å². The van der Waals surface area contributed by atoms with Crippen LogP contribution >= 0.6 is 0 Å². The summed E-state index contributed by atoms with van der Waals surface area (Å²) in [4.78, 5) is 30.2.